The first-order chi connectivity index (χ1) is 9.08. The molecule has 1 aromatic rings. The summed E-state index contributed by atoms with van der Waals surface area (Å²) in [5, 5.41) is 14.0. The fourth-order valence-corrected chi connectivity index (χ4v) is 1.53. The monoisotopic (exact) mass is 260 g/mol. The van der Waals surface area contributed by atoms with E-state index in [2.05, 4.69) is 16.6 Å². The zero-order valence-electron chi connectivity index (χ0n) is 10.6. The molecule has 0 radical (unpaired) electrons. The number of urea groups is 1. The second-order valence-electron chi connectivity index (χ2n) is 3.93. The number of amides is 2. The Bertz CT molecular complexity index is 479. The van der Waals surface area contributed by atoms with E-state index < -0.39 is 24.1 Å². The van der Waals surface area contributed by atoms with Gasteiger partial charge in [0.1, 0.15) is 0 Å². The highest BCUT2D eigenvalue weighted by atomic mass is 16.4. The quantitative estimate of drug-likeness (QED) is 0.702. The summed E-state index contributed by atoms with van der Waals surface area (Å²) < 4.78 is 0. The molecular weight excluding hydrogens is 244 g/mol. The zero-order chi connectivity index (χ0) is 14.3. The second kappa shape index (κ2) is 7.07. The van der Waals surface area contributed by atoms with Crippen molar-refractivity contribution >= 4 is 12.0 Å². The van der Waals surface area contributed by atoms with Gasteiger partial charge in [-0.25, -0.2) is 9.59 Å². The average Bonchev–Trinajstić information content (AvgIpc) is 2.42. The van der Waals surface area contributed by atoms with Crippen LogP contribution in [0, 0.1) is 12.3 Å². The van der Waals surface area contributed by atoms with Crippen LogP contribution in [-0.2, 0) is 4.79 Å². The highest BCUT2D eigenvalue weighted by Crippen LogP contribution is 2.12. The van der Waals surface area contributed by atoms with Crippen molar-refractivity contribution in [3.05, 3.63) is 35.9 Å². The van der Waals surface area contributed by atoms with E-state index in [4.69, 9.17) is 11.5 Å². The van der Waals surface area contributed by atoms with Crippen LogP contribution in [0.25, 0.3) is 0 Å². The average molecular weight is 260 g/mol. The van der Waals surface area contributed by atoms with Crippen LogP contribution in [0.2, 0.25) is 0 Å². The van der Waals surface area contributed by atoms with Crippen LogP contribution in [0.3, 0.4) is 0 Å². The number of hydrogen-bond donors (Lipinski definition) is 3. The maximum absolute atomic E-state index is 11.7. The third-order valence-electron chi connectivity index (χ3n) is 2.57. The number of aliphatic carboxylic acids is 1. The molecule has 0 aromatic heterocycles. The predicted molar refractivity (Wildman–Crippen MR) is 71.4 cm³/mol. The number of nitrogens with one attached hydrogen (secondary N) is 2. The van der Waals surface area contributed by atoms with Gasteiger partial charge in [0, 0.05) is 0 Å². The highest BCUT2D eigenvalue weighted by molar-refractivity contribution is 5.83. The van der Waals surface area contributed by atoms with Crippen molar-refractivity contribution in [2.24, 2.45) is 0 Å². The molecule has 3 N–H and O–H groups in total. The molecule has 0 aliphatic rings. The maximum Gasteiger partial charge on any atom is 0.330 e. The second-order valence-corrected chi connectivity index (χ2v) is 3.93. The van der Waals surface area contributed by atoms with E-state index in [1.165, 1.54) is 0 Å². The molecule has 0 fully saturated rings. The van der Waals surface area contributed by atoms with Crippen LogP contribution in [-0.4, -0.2) is 23.1 Å². The van der Waals surface area contributed by atoms with Gasteiger partial charge in [0.25, 0.3) is 0 Å². The number of carbonyl (C=O) groups is 2. The van der Waals surface area contributed by atoms with Crippen molar-refractivity contribution in [1.29, 1.82) is 0 Å². The largest absolute Gasteiger partial charge is 0.479 e. The molecule has 0 bridgehead atoms. The topological polar surface area (TPSA) is 78.4 Å². The molecule has 100 valence electrons. The van der Waals surface area contributed by atoms with Crippen LogP contribution in [0.15, 0.2) is 30.3 Å². The lowest BCUT2D eigenvalue weighted by Gasteiger charge is -2.17. The molecule has 0 heterocycles. The van der Waals surface area contributed by atoms with E-state index in [-0.39, 0.29) is 0 Å². The van der Waals surface area contributed by atoms with E-state index >= 15 is 0 Å². The van der Waals surface area contributed by atoms with Gasteiger partial charge in [0.15, 0.2) is 6.04 Å². The fraction of sp³-hybridized carbons (Fsp3) is 0.286. The van der Waals surface area contributed by atoms with Crippen LogP contribution in [0.5, 0.6) is 0 Å². The summed E-state index contributed by atoms with van der Waals surface area (Å²) in [6.45, 7) is 1.83. The molecule has 2 atom stereocenters. The van der Waals surface area contributed by atoms with Gasteiger partial charge in [-0.2, -0.15) is 0 Å². The van der Waals surface area contributed by atoms with E-state index in [1.807, 2.05) is 6.92 Å². The molecule has 0 aliphatic carbocycles. The van der Waals surface area contributed by atoms with Gasteiger partial charge in [0.05, 0.1) is 6.04 Å². The molecule has 5 heteroatoms. The Kier molecular flexibility index (Phi) is 5.42. The van der Waals surface area contributed by atoms with E-state index in [9.17, 15) is 9.59 Å². The third-order valence-corrected chi connectivity index (χ3v) is 2.57. The Morgan fingerprint density at radius 1 is 1.32 bits per heavy atom. The Morgan fingerprint density at radius 3 is 2.42 bits per heavy atom. The summed E-state index contributed by atoms with van der Waals surface area (Å²) >= 11 is 0. The standard InChI is InChI=1S/C14H16N2O3/c1-3-11(4-2)15-14(19)16-12(13(17)18)10-8-6-5-7-9-10/h1,5-9,11-12H,4H2,2H3,(H,17,18)(H2,15,16,19)/t11?,12-/m1/s1. The molecule has 0 spiro atoms. The number of rotatable bonds is 5. The van der Waals surface area contributed by atoms with Crippen LogP contribution < -0.4 is 10.6 Å². The summed E-state index contributed by atoms with van der Waals surface area (Å²) in [6, 6.07) is 6.36. The third kappa shape index (κ3) is 4.36. The van der Waals surface area contributed by atoms with E-state index in [0.717, 1.165) is 0 Å². The van der Waals surface area contributed by atoms with Crippen LogP contribution in [0.4, 0.5) is 4.79 Å². The van der Waals surface area contributed by atoms with Gasteiger partial charge in [-0.15, -0.1) is 6.42 Å². The minimum atomic E-state index is -1.13. The van der Waals surface area contributed by atoms with Gasteiger partial charge < -0.3 is 15.7 Å². The molecular formula is C14H16N2O3. The fourth-order valence-electron chi connectivity index (χ4n) is 1.53. The number of carbonyl (C=O) groups excluding carboxylic acids is 1. The number of terminal acetylenes is 1. The smallest absolute Gasteiger partial charge is 0.330 e. The summed E-state index contributed by atoms with van der Waals surface area (Å²) in [4.78, 5) is 22.9. The summed E-state index contributed by atoms with van der Waals surface area (Å²) in [5.41, 5.74) is 0.499. The van der Waals surface area contributed by atoms with Gasteiger partial charge in [0.2, 0.25) is 0 Å². The Balaban J connectivity index is 2.73. The van der Waals surface area contributed by atoms with Crippen molar-refractivity contribution in [1.82, 2.24) is 10.6 Å². The Morgan fingerprint density at radius 2 is 1.95 bits per heavy atom. The lowest BCUT2D eigenvalue weighted by atomic mass is 10.1. The summed E-state index contributed by atoms with van der Waals surface area (Å²) in [6.07, 6.45) is 5.80. The van der Waals surface area contributed by atoms with Gasteiger partial charge >= 0.3 is 12.0 Å². The maximum atomic E-state index is 11.7. The summed E-state index contributed by atoms with van der Waals surface area (Å²) in [5.74, 6) is 1.28. The molecule has 5 nitrogen and oxygen atoms in total. The first kappa shape index (κ1) is 14.6. The van der Waals surface area contributed by atoms with Gasteiger partial charge in [-0.3, -0.25) is 0 Å². The Labute approximate surface area is 112 Å². The van der Waals surface area contributed by atoms with Crippen molar-refractivity contribution in [3.8, 4) is 12.3 Å². The van der Waals surface area contributed by atoms with Crippen LogP contribution >= 0.6 is 0 Å². The highest BCUT2D eigenvalue weighted by Gasteiger charge is 2.22. The minimum absolute atomic E-state index is 0.412. The Hall–Kier alpha value is -2.48. The number of benzene rings is 1. The van der Waals surface area contributed by atoms with Gasteiger partial charge in [-0.05, 0) is 12.0 Å². The van der Waals surface area contributed by atoms with Crippen molar-refractivity contribution < 1.29 is 14.7 Å². The predicted octanol–water partition coefficient (Wildman–Crippen LogP) is 1.52. The van der Waals surface area contributed by atoms with Crippen LogP contribution in [0.1, 0.15) is 24.9 Å². The van der Waals surface area contributed by atoms with Crippen molar-refractivity contribution in [2.75, 3.05) is 0 Å². The zero-order valence-corrected chi connectivity index (χ0v) is 10.6. The molecule has 1 unspecified atom stereocenters. The molecule has 1 rings (SSSR count). The lowest BCUT2D eigenvalue weighted by molar-refractivity contribution is -0.139. The number of carboxylic acid groups (broad SMARTS) is 1. The first-order valence-electron chi connectivity index (χ1n) is 5.89. The van der Waals surface area contributed by atoms with E-state index in [1.54, 1.807) is 30.3 Å². The first-order valence-corrected chi connectivity index (χ1v) is 5.89. The van der Waals surface area contributed by atoms with Crippen molar-refractivity contribution in [3.63, 3.8) is 0 Å². The molecule has 19 heavy (non-hydrogen) atoms. The number of hydrogen-bond acceptors (Lipinski definition) is 2. The number of carboxylic acids is 1. The summed E-state index contributed by atoms with van der Waals surface area (Å²) in [7, 11) is 0. The molecule has 1 aromatic carbocycles. The van der Waals surface area contributed by atoms with Crippen molar-refractivity contribution in [2.45, 2.75) is 25.4 Å². The molecule has 0 saturated carbocycles. The van der Waals surface area contributed by atoms with Gasteiger partial charge in [-0.1, -0.05) is 43.2 Å². The molecule has 0 aliphatic heterocycles. The normalized spacial score (nSPS) is 12.8. The minimum Gasteiger partial charge on any atom is -0.479 e. The lowest BCUT2D eigenvalue weighted by Crippen LogP contribution is -2.44. The van der Waals surface area contributed by atoms with E-state index in [0.29, 0.717) is 12.0 Å². The molecule has 2 amide bonds. The molecule has 0 saturated heterocycles. The SMILES string of the molecule is C#CC(CC)NC(=O)N[C@@H](C(=O)O)c1ccccc1.